The van der Waals surface area contributed by atoms with E-state index in [0.717, 1.165) is 0 Å². The summed E-state index contributed by atoms with van der Waals surface area (Å²) in [6.07, 6.45) is 5.19. The van der Waals surface area contributed by atoms with Crippen LogP contribution in [-0.4, -0.2) is 48.8 Å². The molecule has 27 heavy (non-hydrogen) atoms. The zero-order valence-corrected chi connectivity index (χ0v) is 15.5. The van der Waals surface area contributed by atoms with Gasteiger partial charge < -0.3 is 19.1 Å². The normalized spacial score (nSPS) is 22.5. The molecule has 0 aromatic rings. The highest BCUT2D eigenvalue weighted by molar-refractivity contribution is 6.02. The Balaban J connectivity index is 2.83. The zero-order valence-electron chi connectivity index (χ0n) is 15.5. The number of fused-ring (bicyclic) bond motifs is 1. The number of hydrogen-bond acceptors (Lipinski definition) is 8. The smallest absolute Gasteiger partial charge is 0.355 e. The molecule has 0 spiro atoms. The number of nitrogens with zero attached hydrogens (tertiary/aromatic N) is 3. The van der Waals surface area contributed by atoms with Crippen molar-refractivity contribution in [3.8, 4) is 12.1 Å². The highest BCUT2D eigenvalue weighted by Crippen LogP contribution is 2.44. The number of esters is 2. The maximum atomic E-state index is 12.7. The van der Waals surface area contributed by atoms with Gasteiger partial charge in [-0.25, -0.2) is 9.59 Å². The van der Waals surface area contributed by atoms with Gasteiger partial charge in [0.05, 0.1) is 37.0 Å². The molecule has 0 aromatic carbocycles. The van der Waals surface area contributed by atoms with Gasteiger partial charge in [-0.15, -0.1) is 0 Å². The molecule has 8 heteroatoms. The highest BCUT2D eigenvalue weighted by atomic mass is 16.5. The van der Waals surface area contributed by atoms with Crippen molar-refractivity contribution < 1.29 is 23.8 Å². The number of carbonyl (C=O) groups excluding carboxylic acids is 2. The van der Waals surface area contributed by atoms with Gasteiger partial charge in [0.25, 0.3) is 0 Å². The topological polar surface area (TPSA) is 113 Å². The monoisotopic (exact) mass is 371 g/mol. The molecule has 0 unspecified atom stereocenters. The molecule has 0 N–H and O–H groups in total. The molecule has 0 bridgehead atoms. The van der Waals surface area contributed by atoms with Crippen molar-refractivity contribution in [3.63, 3.8) is 0 Å². The fourth-order valence-electron chi connectivity index (χ4n) is 3.21. The number of allylic oxidation sites excluding steroid dienone is 2. The summed E-state index contributed by atoms with van der Waals surface area (Å²) in [6.45, 7) is 5.22. The fraction of sp³-hybridized carbons (Fsp3) is 0.474. The van der Waals surface area contributed by atoms with E-state index in [9.17, 15) is 20.1 Å². The van der Waals surface area contributed by atoms with E-state index in [1.54, 1.807) is 39.0 Å². The van der Waals surface area contributed by atoms with Crippen LogP contribution in [0, 0.1) is 28.1 Å². The van der Waals surface area contributed by atoms with Crippen LogP contribution >= 0.6 is 0 Å². The van der Waals surface area contributed by atoms with Crippen molar-refractivity contribution in [3.05, 3.63) is 35.7 Å². The first kappa shape index (κ1) is 20.2. The third-order valence-electron chi connectivity index (χ3n) is 4.27. The van der Waals surface area contributed by atoms with Crippen LogP contribution in [-0.2, 0) is 23.8 Å². The van der Waals surface area contributed by atoms with Gasteiger partial charge in [0.2, 0.25) is 0 Å². The molecule has 2 atom stereocenters. The molecule has 142 valence electrons. The van der Waals surface area contributed by atoms with Crippen molar-refractivity contribution in [1.82, 2.24) is 4.90 Å². The van der Waals surface area contributed by atoms with Crippen molar-refractivity contribution in [1.29, 1.82) is 10.5 Å². The Morgan fingerprint density at radius 1 is 1.07 bits per heavy atom. The number of nitriles is 2. The predicted octanol–water partition coefficient (Wildman–Crippen LogP) is 1.57. The summed E-state index contributed by atoms with van der Waals surface area (Å²) >= 11 is 0. The Labute approximate surface area is 157 Å². The summed E-state index contributed by atoms with van der Waals surface area (Å²) in [5, 5.41) is 19.8. The first-order valence-electron chi connectivity index (χ1n) is 8.68. The fourth-order valence-corrected chi connectivity index (χ4v) is 3.21. The quantitative estimate of drug-likeness (QED) is 0.647. The SMILES string of the molecule is CCOC(=O)C1=C(C(=O)OCC)N2C=CC=C[C@@H]2C(C#N)(C#N)[C@H]1OCC. The molecule has 0 aliphatic carbocycles. The molecule has 8 nitrogen and oxygen atoms in total. The van der Waals surface area contributed by atoms with E-state index in [1.165, 1.54) is 11.1 Å². The third-order valence-corrected chi connectivity index (χ3v) is 4.27. The minimum Gasteiger partial charge on any atom is -0.462 e. The molecular weight excluding hydrogens is 350 g/mol. The molecule has 0 radical (unpaired) electrons. The lowest BCUT2D eigenvalue weighted by Crippen LogP contribution is -2.58. The van der Waals surface area contributed by atoms with Crippen LogP contribution in [0.5, 0.6) is 0 Å². The molecule has 2 rings (SSSR count). The number of ether oxygens (including phenoxy) is 3. The van der Waals surface area contributed by atoms with Gasteiger partial charge in [-0.05, 0) is 26.8 Å². The van der Waals surface area contributed by atoms with Gasteiger partial charge in [0.1, 0.15) is 11.8 Å². The Hall–Kier alpha value is -3.10. The first-order chi connectivity index (χ1) is 13.0. The largest absolute Gasteiger partial charge is 0.462 e. The molecule has 0 aromatic heterocycles. The predicted molar refractivity (Wildman–Crippen MR) is 93.3 cm³/mol. The zero-order chi connectivity index (χ0) is 20.0. The molecule has 2 heterocycles. The molecule has 0 fully saturated rings. The van der Waals surface area contributed by atoms with Crippen LogP contribution in [0.2, 0.25) is 0 Å². The van der Waals surface area contributed by atoms with E-state index >= 15 is 0 Å². The lowest BCUT2D eigenvalue weighted by atomic mass is 9.70. The van der Waals surface area contributed by atoms with Crippen LogP contribution in [0.15, 0.2) is 35.7 Å². The second kappa shape index (κ2) is 8.52. The van der Waals surface area contributed by atoms with E-state index < -0.39 is 29.5 Å². The van der Waals surface area contributed by atoms with Gasteiger partial charge in [-0.2, -0.15) is 10.5 Å². The summed E-state index contributed by atoms with van der Waals surface area (Å²) in [5.41, 5.74) is -2.02. The van der Waals surface area contributed by atoms with Gasteiger partial charge in [0.15, 0.2) is 5.41 Å². The maximum Gasteiger partial charge on any atom is 0.355 e. The van der Waals surface area contributed by atoms with Crippen LogP contribution in [0.4, 0.5) is 0 Å². The van der Waals surface area contributed by atoms with Crippen LogP contribution in [0.25, 0.3) is 0 Å². The van der Waals surface area contributed by atoms with Crippen molar-refractivity contribution in [2.24, 2.45) is 5.41 Å². The van der Waals surface area contributed by atoms with Gasteiger partial charge >= 0.3 is 11.9 Å². The van der Waals surface area contributed by atoms with Crippen molar-refractivity contribution in [2.75, 3.05) is 19.8 Å². The molecule has 0 saturated carbocycles. The van der Waals surface area contributed by atoms with Gasteiger partial charge in [-0.3, -0.25) is 0 Å². The summed E-state index contributed by atoms with van der Waals surface area (Å²) in [5.74, 6) is -1.57. The summed E-state index contributed by atoms with van der Waals surface area (Å²) < 4.78 is 15.9. The molecule has 2 aliphatic rings. The molecular formula is C19H21N3O5. The Morgan fingerprint density at radius 2 is 1.70 bits per heavy atom. The van der Waals surface area contributed by atoms with E-state index in [4.69, 9.17) is 14.2 Å². The van der Waals surface area contributed by atoms with Crippen molar-refractivity contribution in [2.45, 2.75) is 32.9 Å². The Bertz CT molecular complexity index is 770. The summed E-state index contributed by atoms with van der Waals surface area (Å²) in [4.78, 5) is 26.9. The average Bonchev–Trinajstić information content (AvgIpc) is 2.67. The lowest BCUT2D eigenvalue weighted by Gasteiger charge is -2.46. The standard InChI is InChI=1S/C19H21N3O5/c1-4-25-16-14(17(23)26-5-2)15(18(24)27-6-3)22-10-8-7-9-13(22)19(16,11-20)12-21/h7-10,13,16H,4-6H2,1-3H3/t13-,16+/m1/s1. The molecule has 0 saturated heterocycles. The lowest BCUT2D eigenvalue weighted by molar-refractivity contribution is -0.147. The van der Waals surface area contributed by atoms with E-state index in [0.29, 0.717) is 0 Å². The Kier molecular flexibility index (Phi) is 6.38. The Morgan fingerprint density at radius 3 is 2.26 bits per heavy atom. The van der Waals surface area contributed by atoms with Gasteiger partial charge in [-0.1, -0.05) is 12.2 Å². The third kappa shape index (κ3) is 3.32. The molecule has 0 amide bonds. The average molecular weight is 371 g/mol. The van der Waals surface area contributed by atoms with Crippen LogP contribution < -0.4 is 0 Å². The highest BCUT2D eigenvalue weighted by Gasteiger charge is 2.58. The number of rotatable bonds is 6. The summed E-state index contributed by atoms with van der Waals surface area (Å²) in [7, 11) is 0. The van der Waals surface area contributed by atoms with Gasteiger partial charge in [0, 0.05) is 12.8 Å². The second-order valence-corrected chi connectivity index (χ2v) is 5.71. The second-order valence-electron chi connectivity index (χ2n) is 5.71. The van der Waals surface area contributed by atoms with Crippen LogP contribution in [0.3, 0.4) is 0 Å². The van der Waals surface area contributed by atoms with E-state index in [1.807, 2.05) is 12.1 Å². The van der Waals surface area contributed by atoms with E-state index in [2.05, 4.69) is 0 Å². The number of hydrogen-bond donors (Lipinski definition) is 0. The van der Waals surface area contributed by atoms with E-state index in [-0.39, 0.29) is 31.1 Å². The number of carbonyl (C=O) groups is 2. The summed E-state index contributed by atoms with van der Waals surface area (Å²) in [6, 6.07) is 3.20. The van der Waals surface area contributed by atoms with Crippen molar-refractivity contribution >= 4 is 11.9 Å². The minimum atomic E-state index is -1.75. The maximum absolute atomic E-state index is 12.7. The first-order valence-corrected chi connectivity index (χ1v) is 8.68. The van der Waals surface area contributed by atoms with Crippen LogP contribution in [0.1, 0.15) is 20.8 Å². The minimum absolute atomic E-state index is 0.0581. The molecule has 2 aliphatic heterocycles.